The van der Waals surface area contributed by atoms with Crippen LogP contribution >= 0.6 is 22.6 Å². The van der Waals surface area contributed by atoms with E-state index in [0.717, 1.165) is 9.26 Å². The smallest absolute Gasteiger partial charge is 0.270 e. The van der Waals surface area contributed by atoms with Crippen LogP contribution in [0.3, 0.4) is 0 Å². The molecule has 0 amide bonds. The molecule has 0 radical (unpaired) electrons. The lowest BCUT2D eigenvalue weighted by Gasteiger charge is -2.47. The summed E-state index contributed by atoms with van der Waals surface area (Å²) in [6, 6.07) is 6.91. The van der Waals surface area contributed by atoms with Crippen molar-refractivity contribution in [3.8, 4) is 0 Å². The molecule has 0 aromatic heterocycles. The van der Waals surface area contributed by atoms with Gasteiger partial charge in [-0.15, -0.1) is 0 Å². The summed E-state index contributed by atoms with van der Waals surface area (Å²) in [7, 11) is 2.25. The van der Waals surface area contributed by atoms with Gasteiger partial charge in [0.1, 0.15) is 0 Å². The SMILES string of the molecule is CN1C2CCCC1CC(Nc1ccc([N+](=O)[O-])cc1I)C2. The van der Waals surface area contributed by atoms with E-state index < -0.39 is 0 Å². The molecular weight excluding hydrogens is 381 g/mol. The molecule has 0 saturated carbocycles. The fraction of sp³-hybridized carbons (Fsp3) is 0.600. The third-order valence-electron chi connectivity index (χ3n) is 4.86. The van der Waals surface area contributed by atoms with Gasteiger partial charge in [-0.05, 0) is 61.4 Å². The molecule has 2 unspecified atom stereocenters. The minimum absolute atomic E-state index is 0.158. The van der Waals surface area contributed by atoms with E-state index in [0.29, 0.717) is 18.1 Å². The number of fused-ring (bicyclic) bond motifs is 2. The molecule has 2 heterocycles. The van der Waals surface area contributed by atoms with Crippen molar-refractivity contribution in [3.63, 3.8) is 0 Å². The molecule has 3 rings (SSSR count). The van der Waals surface area contributed by atoms with Crippen LogP contribution in [0.15, 0.2) is 18.2 Å². The third-order valence-corrected chi connectivity index (χ3v) is 5.76. The Morgan fingerprint density at radius 1 is 1.33 bits per heavy atom. The first kappa shape index (κ1) is 15.0. The van der Waals surface area contributed by atoms with E-state index in [1.807, 2.05) is 6.07 Å². The van der Waals surface area contributed by atoms with Crippen LogP contribution in [-0.2, 0) is 0 Å². The predicted octanol–water partition coefficient (Wildman–Crippen LogP) is 3.63. The van der Waals surface area contributed by atoms with Gasteiger partial charge in [0.25, 0.3) is 5.69 Å². The molecule has 1 aromatic carbocycles. The average Bonchev–Trinajstić information content (AvgIpc) is 2.42. The highest BCUT2D eigenvalue weighted by molar-refractivity contribution is 14.1. The van der Waals surface area contributed by atoms with Crippen LogP contribution in [-0.4, -0.2) is 35.0 Å². The Labute approximate surface area is 138 Å². The Morgan fingerprint density at radius 2 is 2.00 bits per heavy atom. The van der Waals surface area contributed by atoms with Crippen molar-refractivity contribution >= 4 is 34.0 Å². The predicted molar refractivity (Wildman–Crippen MR) is 91.6 cm³/mol. The number of non-ortho nitro benzene ring substituents is 1. The maximum absolute atomic E-state index is 10.8. The average molecular weight is 401 g/mol. The van der Waals surface area contributed by atoms with Crippen molar-refractivity contribution in [1.29, 1.82) is 0 Å². The van der Waals surface area contributed by atoms with E-state index in [-0.39, 0.29) is 10.6 Å². The van der Waals surface area contributed by atoms with E-state index in [1.54, 1.807) is 12.1 Å². The molecule has 0 aliphatic carbocycles. The number of hydrogen-bond acceptors (Lipinski definition) is 4. The molecular formula is C15H20IN3O2. The minimum Gasteiger partial charge on any atom is -0.381 e. The lowest BCUT2D eigenvalue weighted by molar-refractivity contribution is -0.384. The summed E-state index contributed by atoms with van der Waals surface area (Å²) in [6.07, 6.45) is 6.27. The number of benzene rings is 1. The maximum Gasteiger partial charge on any atom is 0.270 e. The Morgan fingerprint density at radius 3 is 2.57 bits per heavy atom. The van der Waals surface area contributed by atoms with Crippen LogP contribution in [0, 0.1) is 13.7 Å². The van der Waals surface area contributed by atoms with Gasteiger partial charge in [0, 0.05) is 39.5 Å². The molecule has 21 heavy (non-hydrogen) atoms. The molecule has 2 atom stereocenters. The lowest BCUT2D eigenvalue weighted by atomic mass is 9.82. The first-order valence-corrected chi connectivity index (χ1v) is 8.55. The van der Waals surface area contributed by atoms with Gasteiger partial charge in [0.2, 0.25) is 0 Å². The largest absolute Gasteiger partial charge is 0.381 e. The second kappa shape index (κ2) is 6.08. The number of nitro benzene ring substituents is 1. The molecule has 6 heteroatoms. The molecule has 2 bridgehead atoms. The molecule has 5 nitrogen and oxygen atoms in total. The minimum atomic E-state index is -0.341. The molecule has 2 aliphatic rings. The summed E-state index contributed by atoms with van der Waals surface area (Å²) < 4.78 is 0.922. The standard InChI is InChI=1S/C15H20IN3O2/c1-18-11-3-2-4-12(18)8-10(7-11)17-15-6-5-13(19(20)21)9-14(15)16/h5-6,9-12,17H,2-4,7-8H2,1H3. The van der Waals surface area contributed by atoms with Gasteiger partial charge in [-0.2, -0.15) is 0 Å². The van der Waals surface area contributed by atoms with Crippen LogP contribution in [0.4, 0.5) is 11.4 Å². The van der Waals surface area contributed by atoms with E-state index >= 15 is 0 Å². The topological polar surface area (TPSA) is 58.4 Å². The van der Waals surface area contributed by atoms with Crippen molar-refractivity contribution in [2.24, 2.45) is 0 Å². The summed E-state index contributed by atoms with van der Waals surface area (Å²) in [5, 5.41) is 14.4. The molecule has 1 aromatic rings. The van der Waals surface area contributed by atoms with Crippen molar-refractivity contribution in [3.05, 3.63) is 31.9 Å². The monoisotopic (exact) mass is 401 g/mol. The van der Waals surface area contributed by atoms with Gasteiger partial charge in [-0.3, -0.25) is 10.1 Å². The number of rotatable bonds is 3. The fourth-order valence-corrected chi connectivity index (χ4v) is 4.34. The van der Waals surface area contributed by atoms with E-state index in [4.69, 9.17) is 0 Å². The summed E-state index contributed by atoms with van der Waals surface area (Å²) in [5.74, 6) is 0. The molecule has 0 spiro atoms. The zero-order chi connectivity index (χ0) is 15.0. The van der Waals surface area contributed by atoms with Crippen molar-refractivity contribution in [2.75, 3.05) is 12.4 Å². The van der Waals surface area contributed by atoms with E-state index in [9.17, 15) is 10.1 Å². The Kier molecular flexibility index (Phi) is 4.35. The summed E-state index contributed by atoms with van der Waals surface area (Å²) >= 11 is 2.18. The number of halogens is 1. The number of nitrogens with zero attached hydrogens (tertiary/aromatic N) is 2. The number of anilines is 1. The summed E-state index contributed by atoms with van der Waals surface area (Å²) in [5.41, 5.74) is 1.18. The highest BCUT2D eigenvalue weighted by Gasteiger charge is 2.35. The molecule has 114 valence electrons. The van der Waals surface area contributed by atoms with Crippen LogP contribution < -0.4 is 5.32 Å². The van der Waals surface area contributed by atoms with Crippen LogP contribution in [0.2, 0.25) is 0 Å². The quantitative estimate of drug-likeness (QED) is 0.478. The van der Waals surface area contributed by atoms with E-state index in [2.05, 4.69) is 39.9 Å². The Hall–Kier alpha value is -0.890. The van der Waals surface area contributed by atoms with Gasteiger partial charge < -0.3 is 10.2 Å². The van der Waals surface area contributed by atoms with Crippen LogP contribution in [0.25, 0.3) is 0 Å². The van der Waals surface area contributed by atoms with Gasteiger partial charge >= 0.3 is 0 Å². The van der Waals surface area contributed by atoms with Crippen LogP contribution in [0.1, 0.15) is 32.1 Å². The van der Waals surface area contributed by atoms with Gasteiger partial charge in [0.05, 0.1) is 4.92 Å². The van der Waals surface area contributed by atoms with Gasteiger partial charge in [0.15, 0.2) is 0 Å². The van der Waals surface area contributed by atoms with Crippen molar-refractivity contribution in [2.45, 2.75) is 50.2 Å². The summed E-state index contributed by atoms with van der Waals surface area (Å²) in [6.45, 7) is 0. The highest BCUT2D eigenvalue weighted by atomic mass is 127. The van der Waals surface area contributed by atoms with E-state index in [1.165, 1.54) is 32.1 Å². The number of hydrogen-bond donors (Lipinski definition) is 1. The summed E-state index contributed by atoms with van der Waals surface area (Å²) in [4.78, 5) is 13.0. The molecule has 1 N–H and O–H groups in total. The third kappa shape index (κ3) is 3.15. The number of nitrogens with one attached hydrogen (secondary N) is 1. The van der Waals surface area contributed by atoms with Crippen molar-refractivity contribution in [1.82, 2.24) is 4.90 Å². The lowest BCUT2D eigenvalue weighted by Crippen LogP contribution is -2.52. The maximum atomic E-state index is 10.8. The Bertz CT molecular complexity index is 538. The van der Waals surface area contributed by atoms with Gasteiger partial charge in [-0.1, -0.05) is 6.42 Å². The van der Waals surface area contributed by atoms with Crippen molar-refractivity contribution < 1.29 is 4.92 Å². The Balaban J connectivity index is 1.71. The van der Waals surface area contributed by atoms with Crippen LogP contribution in [0.5, 0.6) is 0 Å². The fourth-order valence-electron chi connectivity index (χ4n) is 3.69. The first-order chi connectivity index (χ1) is 10.0. The molecule has 2 aliphatic heterocycles. The molecule has 2 fully saturated rings. The second-order valence-electron chi connectivity index (χ2n) is 6.14. The number of nitro groups is 1. The second-order valence-corrected chi connectivity index (χ2v) is 7.30. The number of piperidine rings is 2. The first-order valence-electron chi connectivity index (χ1n) is 7.47. The van der Waals surface area contributed by atoms with Gasteiger partial charge in [-0.25, -0.2) is 0 Å². The zero-order valence-corrected chi connectivity index (χ0v) is 14.2. The normalized spacial score (nSPS) is 29.1. The molecule has 2 saturated heterocycles. The highest BCUT2D eigenvalue weighted by Crippen LogP contribution is 2.34. The zero-order valence-electron chi connectivity index (χ0n) is 12.1.